The molecule has 0 bridgehead atoms. The predicted octanol–water partition coefficient (Wildman–Crippen LogP) is 3.73. The SMILES string of the molecule is CN1CCC2(CC1)CCN(C)C(=O)O2.CN1CCC2(CC1)CCN(C)C(=O)O2.CN1CCC2(CC1)OC(=O)N(C)C(=O)O2.CN1CCC2(CCN(C)C(=O)O2)OC1=O.CN1CCC2(CCN(C)C(=O)O2)OC1=O. The number of carbonyl (C=O) groups is 8. The van der Waals surface area contributed by atoms with Gasteiger partial charge in [-0.2, -0.15) is 0 Å². The second kappa shape index (κ2) is 23.2. The summed E-state index contributed by atoms with van der Waals surface area (Å²) >= 11 is 0. The average molecular weight is 1040 g/mol. The Hall–Kier alpha value is -5.76. The third-order valence-corrected chi connectivity index (χ3v) is 15.3. The van der Waals surface area contributed by atoms with E-state index in [0.717, 1.165) is 95.8 Å². The Labute approximate surface area is 427 Å². The van der Waals surface area contributed by atoms with E-state index < -0.39 is 53.9 Å². The Morgan fingerprint density at radius 3 is 0.658 bits per heavy atom. The van der Waals surface area contributed by atoms with E-state index in [2.05, 4.69) is 28.8 Å². The molecule has 0 N–H and O–H groups in total. The molecule has 10 heterocycles. The zero-order chi connectivity index (χ0) is 53.5. The van der Waals surface area contributed by atoms with E-state index in [1.54, 1.807) is 52.1 Å². The van der Waals surface area contributed by atoms with Gasteiger partial charge in [-0.3, -0.25) is 0 Å². The molecule has 10 saturated heterocycles. The molecule has 10 aliphatic rings. The van der Waals surface area contributed by atoms with Crippen molar-refractivity contribution < 1.29 is 76.3 Å². The van der Waals surface area contributed by atoms with Crippen molar-refractivity contribution in [3.8, 4) is 0 Å². The standard InChI is InChI=1S/2C10H18N2O2.3C9H14N2O4/c2*1-11-6-3-10(4-7-11)5-8-12(2)9(13)14-10;2*1-10-5-3-9(14-7(10)12)4-6-11(2)8(13)15-9;1-10-5-3-9(4-6-10)14-7(12)11(2)8(13)15-9/h2*3-8H2,1-2H3;3*3-6H2,1-2H3. The first kappa shape index (κ1) is 56.5. The lowest BCUT2D eigenvalue weighted by Crippen LogP contribution is -2.56. The molecule has 10 fully saturated rings. The summed E-state index contributed by atoms with van der Waals surface area (Å²) in [6, 6.07) is 0. The van der Waals surface area contributed by atoms with E-state index in [1.807, 2.05) is 7.05 Å². The van der Waals surface area contributed by atoms with Crippen LogP contribution in [-0.2, 0) is 37.9 Å². The van der Waals surface area contributed by atoms with E-state index in [-0.39, 0.29) is 23.4 Å². The fourth-order valence-corrected chi connectivity index (χ4v) is 9.39. The molecule has 412 valence electrons. The van der Waals surface area contributed by atoms with Gasteiger partial charge in [0.05, 0.1) is 0 Å². The van der Waals surface area contributed by atoms with Crippen LogP contribution in [0.1, 0.15) is 77.0 Å². The second-order valence-corrected chi connectivity index (χ2v) is 21.0. The Balaban J connectivity index is 0.000000149. The number of rotatable bonds is 0. The second-order valence-electron chi connectivity index (χ2n) is 21.0. The maximum Gasteiger partial charge on any atom is 0.422 e. The largest absolute Gasteiger partial charge is 0.443 e. The third kappa shape index (κ3) is 14.3. The molecule has 73 heavy (non-hydrogen) atoms. The molecule has 0 saturated carbocycles. The lowest BCUT2D eigenvalue weighted by atomic mass is 9.87. The van der Waals surface area contributed by atoms with E-state index in [9.17, 15) is 38.4 Å². The average Bonchev–Trinajstić information content (AvgIpc) is 3.35. The van der Waals surface area contributed by atoms with Gasteiger partial charge in [0, 0.05) is 205 Å². The van der Waals surface area contributed by atoms with Crippen molar-refractivity contribution in [1.29, 1.82) is 0 Å². The smallest absolute Gasteiger partial charge is 0.422 e. The van der Waals surface area contributed by atoms with E-state index >= 15 is 0 Å². The summed E-state index contributed by atoms with van der Waals surface area (Å²) in [5.74, 6) is -3.06. The van der Waals surface area contributed by atoms with Crippen LogP contribution in [0.4, 0.5) is 38.4 Å². The van der Waals surface area contributed by atoms with Crippen LogP contribution in [0.5, 0.6) is 0 Å². The van der Waals surface area contributed by atoms with Gasteiger partial charge in [0.2, 0.25) is 0 Å². The van der Waals surface area contributed by atoms with Crippen molar-refractivity contribution in [3.05, 3.63) is 0 Å². The molecular weight excluding hydrogens is 961 g/mol. The van der Waals surface area contributed by atoms with Crippen molar-refractivity contribution in [1.82, 2.24) is 49.0 Å². The van der Waals surface area contributed by atoms with Crippen LogP contribution >= 0.6 is 0 Å². The first-order valence-corrected chi connectivity index (χ1v) is 25.2. The quantitative estimate of drug-likeness (QED) is 0.314. The zero-order valence-electron chi connectivity index (χ0n) is 44.5. The minimum Gasteiger partial charge on any atom is -0.443 e. The number of ether oxygens (including phenoxy) is 8. The number of hydrogen-bond donors (Lipinski definition) is 0. The molecular formula is C47H78N10O16. The van der Waals surface area contributed by atoms with Gasteiger partial charge in [-0.05, 0) is 21.1 Å². The summed E-state index contributed by atoms with van der Waals surface area (Å²) < 4.78 is 42.0. The minimum atomic E-state index is -1.02. The van der Waals surface area contributed by atoms with Gasteiger partial charge in [-0.15, -0.1) is 0 Å². The number of hydrogen-bond acceptors (Lipinski definition) is 19. The highest BCUT2D eigenvalue weighted by atomic mass is 16.8. The molecule has 0 aromatic rings. The number of carbonyl (C=O) groups excluding carboxylic acids is 8. The highest BCUT2D eigenvalue weighted by Crippen LogP contribution is 2.36. The minimum absolute atomic E-state index is 0.143. The van der Waals surface area contributed by atoms with Crippen molar-refractivity contribution in [2.45, 2.75) is 106 Å². The predicted molar refractivity (Wildman–Crippen MR) is 257 cm³/mol. The summed E-state index contributed by atoms with van der Waals surface area (Å²) in [5.41, 5.74) is -0.286. The Morgan fingerprint density at radius 2 is 0.425 bits per heavy atom. The maximum absolute atomic E-state index is 11.4. The molecule has 0 aromatic carbocycles. The monoisotopic (exact) mass is 1040 g/mol. The van der Waals surface area contributed by atoms with Crippen LogP contribution in [-0.4, -0.2) is 275 Å². The van der Waals surface area contributed by atoms with Crippen molar-refractivity contribution in [2.75, 3.05) is 149 Å². The van der Waals surface area contributed by atoms with E-state index in [0.29, 0.717) is 64.7 Å². The molecule has 10 rings (SSSR count). The molecule has 0 unspecified atom stereocenters. The lowest BCUT2D eigenvalue weighted by Gasteiger charge is -2.44. The lowest BCUT2D eigenvalue weighted by molar-refractivity contribution is -0.213. The molecule has 26 nitrogen and oxygen atoms in total. The van der Waals surface area contributed by atoms with Crippen LogP contribution in [0.25, 0.3) is 0 Å². The Bertz CT molecular complexity index is 1810. The van der Waals surface area contributed by atoms with Gasteiger partial charge in [0.25, 0.3) is 17.4 Å². The molecule has 0 atom stereocenters. The fourth-order valence-electron chi connectivity index (χ4n) is 9.39. The molecule has 0 aromatic heterocycles. The number of piperidine rings is 3. The molecule has 26 heteroatoms. The number of likely N-dealkylation sites (tertiary alicyclic amines) is 3. The summed E-state index contributed by atoms with van der Waals surface area (Å²) in [6.45, 7) is 9.54. The van der Waals surface area contributed by atoms with Crippen molar-refractivity contribution >= 4 is 48.7 Å². The van der Waals surface area contributed by atoms with Crippen LogP contribution in [0.3, 0.4) is 0 Å². The summed E-state index contributed by atoms with van der Waals surface area (Å²) in [6.07, 6.45) is 5.86. The molecule has 0 radical (unpaired) electrons. The van der Waals surface area contributed by atoms with Gasteiger partial charge in [0.15, 0.2) is 0 Å². The van der Waals surface area contributed by atoms with Crippen molar-refractivity contribution in [3.63, 3.8) is 0 Å². The normalized spacial score (nSPS) is 26.5. The number of nitrogens with zero attached hydrogens (tertiary/aromatic N) is 10. The summed E-state index contributed by atoms with van der Waals surface area (Å²) in [7, 11) is 17.8. The first-order chi connectivity index (χ1) is 34.3. The van der Waals surface area contributed by atoms with Gasteiger partial charge in [0.1, 0.15) is 11.2 Å². The van der Waals surface area contributed by atoms with Gasteiger partial charge in [-0.25, -0.2) is 43.3 Å². The van der Waals surface area contributed by atoms with Gasteiger partial charge >= 0.3 is 48.7 Å². The Kier molecular flexibility index (Phi) is 18.0. The number of amides is 8. The highest BCUT2D eigenvalue weighted by Gasteiger charge is 2.50. The van der Waals surface area contributed by atoms with Crippen LogP contribution in [0.2, 0.25) is 0 Å². The van der Waals surface area contributed by atoms with Crippen LogP contribution in [0.15, 0.2) is 0 Å². The highest BCUT2D eigenvalue weighted by molar-refractivity contribution is 5.89. The number of imide groups is 1. The van der Waals surface area contributed by atoms with Crippen LogP contribution in [0, 0.1) is 0 Å². The van der Waals surface area contributed by atoms with Gasteiger partial charge < -0.3 is 82.0 Å². The zero-order valence-corrected chi connectivity index (χ0v) is 44.5. The molecule has 8 amide bonds. The molecule has 5 spiro atoms. The first-order valence-electron chi connectivity index (χ1n) is 25.2. The van der Waals surface area contributed by atoms with E-state index in [1.165, 1.54) is 26.6 Å². The summed E-state index contributed by atoms with van der Waals surface area (Å²) in [5, 5.41) is 0. The third-order valence-electron chi connectivity index (χ3n) is 15.3. The summed E-state index contributed by atoms with van der Waals surface area (Å²) in [4.78, 5) is 108. The Morgan fingerprint density at radius 1 is 0.247 bits per heavy atom. The maximum atomic E-state index is 11.4. The van der Waals surface area contributed by atoms with Gasteiger partial charge in [-0.1, -0.05) is 0 Å². The fraction of sp³-hybridized carbons (Fsp3) is 0.830. The van der Waals surface area contributed by atoms with Crippen molar-refractivity contribution in [2.24, 2.45) is 0 Å². The topological polar surface area (TPSA) is 243 Å². The van der Waals surface area contributed by atoms with E-state index in [4.69, 9.17) is 37.9 Å². The van der Waals surface area contributed by atoms with Crippen LogP contribution < -0.4 is 0 Å². The molecule has 10 aliphatic heterocycles. The molecule has 0 aliphatic carbocycles.